The second-order valence-corrected chi connectivity index (χ2v) is 5.36. The van der Waals surface area contributed by atoms with Gasteiger partial charge in [0, 0.05) is 6.54 Å². The third-order valence-corrected chi connectivity index (χ3v) is 3.59. The fourth-order valence-corrected chi connectivity index (χ4v) is 2.53. The fourth-order valence-electron chi connectivity index (χ4n) is 2.53. The average molecular weight is 273 g/mol. The fraction of sp³-hybridized carbons (Fsp3) is 0.588. The van der Waals surface area contributed by atoms with Gasteiger partial charge in [-0.05, 0) is 32.1 Å². The zero-order valence-corrected chi connectivity index (χ0v) is 13.0. The molecule has 0 aliphatic heterocycles. The Morgan fingerprint density at radius 3 is 2.45 bits per heavy atom. The van der Waals surface area contributed by atoms with E-state index in [4.69, 9.17) is 0 Å². The topological polar surface area (TPSA) is 39.1 Å². The van der Waals surface area contributed by atoms with E-state index in [0.29, 0.717) is 6.54 Å². The summed E-state index contributed by atoms with van der Waals surface area (Å²) in [5, 5.41) is 13.1. The van der Waals surface area contributed by atoms with Gasteiger partial charge in [0.1, 0.15) is 5.54 Å². The van der Waals surface area contributed by atoms with E-state index in [2.05, 4.69) is 30.3 Å². The molecular formula is C17H27N3. The third-order valence-electron chi connectivity index (χ3n) is 3.59. The van der Waals surface area contributed by atoms with E-state index in [9.17, 15) is 5.26 Å². The molecule has 1 unspecified atom stereocenters. The van der Waals surface area contributed by atoms with E-state index in [1.54, 1.807) is 0 Å². The number of nitriles is 1. The average Bonchev–Trinajstić information content (AvgIpc) is 2.48. The summed E-state index contributed by atoms with van der Waals surface area (Å²) in [4.78, 5) is 2.26. The van der Waals surface area contributed by atoms with Crippen LogP contribution in [0.2, 0.25) is 0 Å². The smallest absolute Gasteiger partial charge is 0.145 e. The molecule has 0 saturated heterocycles. The second kappa shape index (κ2) is 8.73. The zero-order chi connectivity index (χ0) is 14.8. The van der Waals surface area contributed by atoms with Crippen LogP contribution in [0.25, 0.3) is 0 Å². The standard InChI is InChI=1S/C17H27N3/c1-4-6-10-13-20(3)15-17(14-18,19-5-2)16-11-8-7-9-12-16/h7-9,11-12,19H,4-6,10,13,15H2,1-3H3. The van der Waals surface area contributed by atoms with Crippen LogP contribution in [0, 0.1) is 11.3 Å². The molecule has 0 aliphatic carbocycles. The molecule has 0 fully saturated rings. The number of nitrogens with zero attached hydrogens (tertiary/aromatic N) is 2. The summed E-state index contributed by atoms with van der Waals surface area (Å²) >= 11 is 0. The van der Waals surface area contributed by atoms with Gasteiger partial charge < -0.3 is 4.90 Å². The minimum Gasteiger partial charge on any atom is -0.303 e. The highest BCUT2D eigenvalue weighted by atomic mass is 15.1. The van der Waals surface area contributed by atoms with Gasteiger partial charge in [0.25, 0.3) is 0 Å². The van der Waals surface area contributed by atoms with Crippen molar-refractivity contribution < 1.29 is 0 Å². The maximum Gasteiger partial charge on any atom is 0.145 e. The second-order valence-electron chi connectivity index (χ2n) is 5.36. The zero-order valence-electron chi connectivity index (χ0n) is 13.0. The van der Waals surface area contributed by atoms with E-state index < -0.39 is 5.54 Å². The first-order valence-corrected chi connectivity index (χ1v) is 7.59. The van der Waals surface area contributed by atoms with E-state index >= 15 is 0 Å². The molecule has 0 heterocycles. The number of benzene rings is 1. The number of likely N-dealkylation sites (N-methyl/N-ethyl adjacent to an activating group) is 2. The third kappa shape index (κ3) is 4.63. The molecule has 0 aliphatic rings. The van der Waals surface area contributed by atoms with Gasteiger partial charge in [-0.15, -0.1) is 0 Å². The molecule has 1 N–H and O–H groups in total. The van der Waals surface area contributed by atoms with Crippen LogP contribution in [0.1, 0.15) is 38.7 Å². The Morgan fingerprint density at radius 1 is 1.20 bits per heavy atom. The number of rotatable bonds is 9. The Hall–Kier alpha value is -1.37. The van der Waals surface area contributed by atoms with E-state index in [0.717, 1.165) is 18.7 Å². The molecule has 0 amide bonds. The summed E-state index contributed by atoms with van der Waals surface area (Å²) in [5.74, 6) is 0. The normalized spacial score (nSPS) is 13.9. The van der Waals surface area contributed by atoms with Crippen molar-refractivity contribution in [3.8, 4) is 6.07 Å². The maximum atomic E-state index is 9.74. The lowest BCUT2D eigenvalue weighted by Crippen LogP contribution is -2.49. The van der Waals surface area contributed by atoms with Crippen molar-refractivity contribution >= 4 is 0 Å². The maximum absolute atomic E-state index is 9.74. The van der Waals surface area contributed by atoms with Gasteiger partial charge in [-0.2, -0.15) is 5.26 Å². The molecule has 3 nitrogen and oxygen atoms in total. The van der Waals surface area contributed by atoms with Crippen LogP contribution >= 0.6 is 0 Å². The molecule has 20 heavy (non-hydrogen) atoms. The lowest BCUT2D eigenvalue weighted by atomic mass is 9.90. The highest BCUT2D eigenvalue weighted by Gasteiger charge is 2.32. The van der Waals surface area contributed by atoms with Gasteiger partial charge in [-0.1, -0.05) is 57.0 Å². The first-order valence-electron chi connectivity index (χ1n) is 7.59. The Bertz CT molecular complexity index is 410. The predicted octanol–water partition coefficient (Wildman–Crippen LogP) is 3.14. The summed E-state index contributed by atoms with van der Waals surface area (Å²) in [7, 11) is 2.10. The van der Waals surface area contributed by atoms with Gasteiger partial charge in [-0.3, -0.25) is 5.32 Å². The van der Waals surface area contributed by atoms with Gasteiger partial charge in [-0.25, -0.2) is 0 Å². The van der Waals surface area contributed by atoms with Crippen molar-refractivity contribution in [2.75, 3.05) is 26.7 Å². The van der Waals surface area contributed by atoms with E-state index in [-0.39, 0.29) is 0 Å². The lowest BCUT2D eigenvalue weighted by molar-refractivity contribution is 0.247. The quantitative estimate of drug-likeness (QED) is 0.703. The van der Waals surface area contributed by atoms with Crippen LogP contribution in [-0.2, 0) is 5.54 Å². The van der Waals surface area contributed by atoms with E-state index in [1.165, 1.54) is 19.3 Å². The molecule has 1 atom stereocenters. The summed E-state index contributed by atoms with van der Waals surface area (Å²) in [6, 6.07) is 12.5. The molecule has 1 aromatic carbocycles. The van der Waals surface area contributed by atoms with Crippen molar-refractivity contribution in [3.05, 3.63) is 35.9 Å². The molecule has 0 bridgehead atoms. The van der Waals surface area contributed by atoms with Crippen molar-refractivity contribution in [3.63, 3.8) is 0 Å². The van der Waals surface area contributed by atoms with Crippen molar-refractivity contribution in [2.24, 2.45) is 0 Å². The van der Waals surface area contributed by atoms with Crippen LogP contribution in [0.5, 0.6) is 0 Å². The summed E-state index contributed by atoms with van der Waals surface area (Å²) in [6.45, 7) is 6.79. The first-order chi connectivity index (χ1) is 9.68. The summed E-state index contributed by atoms with van der Waals surface area (Å²) < 4.78 is 0. The molecule has 0 aromatic heterocycles. The van der Waals surface area contributed by atoms with E-state index in [1.807, 2.05) is 37.3 Å². The van der Waals surface area contributed by atoms with Gasteiger partial charge >= 0.3 is 0 Å². The van der Waals surface area contributed by atoms with Crippen LogP contribution < -0.4 is 5.32 Å². The minimum atomic E-state index is -0.614. The highest BCUT2D eigenvalue weighted by molar-refractivity contribution is 5.32. The molecule has 1 rings (SSSR count). The Labute approximate surface area is 123 Å². The van der Waals surface area contributed by atoms with Gasteiger partial charge in [0.15, 0.2) is 0 Å². The Balaban J connectivity index is 2.82. The molecule has 0 spiro atoms. The van der Waals surface area contributed by atoms with Crippen molar-refractivity contribution in [1.82, 2.24) is 10.2 Å². The number of nitrogens with one attached hydrogen (secondary N) is 1. The molecule has 110 valence electrons. The number of unbranched alkanes of at least 4 members (excludes halogenated alkanes) is 2. The SMILES string of the molecule is CCCCCN(C)CC(C#N)(NCC)c1ccccc1. The molecule has 3 heteroatoms. The Kier molecular flexibility index (Phi) is 7.28. The number of hydrogen-bond acceptors (Lipinski definition) is 3. The van der Waals surface area contributed by atoms with Crippen molar-refractivity contribution in [1.29, 1.82) is 5.26 Å². The lowest BCUT2D eigenvalue weighted by Gasteiger charge is -2.32. The first kappa shape index (κ1) is 16.7. The predicted molar refractivity (Wildman–Crippen MR) is 84.4 cm³/mol. The molecule has 0 saturated carbocycles. The van der Waals surface area contributed by atoms with Crippen LogP contribution in [0.15, 0.2) is 30.3 Å². The summed E-state index contributed by atoms with van der Waals surface area (Å²) in [5.41, 5.74) is 0.434. The molecule has 0 radical (unpaired) electrons. The summed E-state index contributed by atoms with van der Waals surface area (Å²) in [6.07, 6.45) is 3.66. The van der Waals surface area contributed by atoms with Crippen LogP contribution in [0.4, 0.5) is 0 Å². The molecule has 1 aromatic rings. The molecular weight excluding hydrogens is 246 g/mol. The monoisotopic (exact) mass is 273 g/mol. The van der Waals surface area contributed by atoms with Crippen LogP contribution in [0.3, 0.4) is 0 Å². The largest absolute Gasteiger partial charge is 0.303 e. The van der Waals surface area contributed by atoms with Gasteiger partial charge in [0.05, 0.1) is 6.07 Å². The minimum absolute atomic E-state index is 0.614. The Morgan fingerprint density at radius 2 is 1.90 bits per heavy atom. The van der Waals surface area contributed by atoms with Crippen molar-refractivity contribution in [2.45, 2.75) is 38.6 Å². The highest BCUT2D eigenvalue weighted by Crippen LogP contribution is 2.21. The number of hydrogen-bond donors (Lipinski definition) is 1. The van der Waals surface area contributed by atoms with Crippen LogP contribution in [-0.4, -0.2) is 31.6 Å². The van der Waals surface area contributed by atoms with Gasteiger partial charge in [0.2, 0.25) is 0 Å².